The Morgan fingerprint density at radius 1 is 1.22 bits per heavy atom. The summed E-state index contributed by atoms with van der Waals surface area (Å²) in [5.41, 5.74) is 6.19. The molecule has 3 nitrogen and oxygen atoms in total. The van der Waals surface area contributed by atoms with Crippen molar-refractivity contribution in [3.8, 4) is 0 Å². The number of hydrogen-bond acceptors (Lipinski definition) is 2. The fourth-order valence-corrected chi connectivity index (χ4v) is 2.27. The zero-order valence-electron chi connectivity index (χ0n) is 11.5. The molecular formula is C15H21N3. The van der Waals surface area contributed by atoms with Gasteiger partial charge in [0.15, 0.2) is 0 Å². The molecule has 96 valence electrons. The highest BCUT2D eigenvalue weighted by molar-refractivity contribution is 5.29. The molecule has 0 amide bonds. The molecule has 2 N–H and O–H groups in total. The molecule has 1 aromatic heterocycles. The molecule has 0 saturated carbocycles. The molecule has 2 aromatic rings. The third-order valence-corrected chi connectivity index (χ3v) is 3.52. The second kappa shape index (κ2) is 5.36. The minimum absolute atomic E-state index is 0.347. The number of aromatic nitrogens is 2. The Bertz CT molecular complexity index is 509. The molecule has 0 aliphatic rings. The van der Waals surface area contributed by atoms with Gasteiger partial charge in [-0.05, 0) is 38.8 Å². The van der Waals surface area contributed by atoms with Crippen LogP contribution in [-0.2, 0) is 6.54 Å². The first-order valence-corrected chi connectivity index (χ1v) is 6.39. The van der Waals surface area contributed by atoms with Gasteiger partial charge < -0.3 is 5.32 Å². The molecule has 0 aliphatic heterocycles. The average molecular weight is 243 g/mol. The van der Waals surface area contributed by atoms with Gasteiger partial charge in [0.1, 0.15) is 0 Å². The molecule has 0 radical (unpaired) electrons. The van der Waals surface area contributed by atoms with E-state index >= 15 is 0 Å². The van der Waals surface area contributed by atoms with Crippen LogP contribution in [0.5, 0.6) is 0 Å². The van der Waals surface area contributed by atoms with E-state index in [9.17, 15) is 0 Å². The van der Waals surface area contributed by atoms with Crippen LogP contribution in [0.25, 0.3) is 0 Å². The van der Waals surface area contributed by atoms with Gasteiger partial charge in [0.05, 0.1) is 5.69 Å². The van der Waals surface area contributed by atoms with Gasteiger partial charge in [-0.15, -0.1) is 0 Å². The maximum Gasteiger partial charge on any atom is 0.0638 e. The third kappa shape index (κ3) is 2.62. The number of H-pyrrole nitrogens is 1. The van der Waals surface area contributed by atoms with Crippen LogP contribution < -0.4 is 5.32 Å². The van der Waals surface area contributed by atoms with Crippen LogP contribution in [0, 0.1) is 20.8 Å². The first-order chi connectivity index (χ1) is 8.59. The van der Waals surface area contributed by atoms with E-state index in [0.717, 1.165) is 17.9 Å². The van der Waals surface area contributed by atoms with Crippen LogP contribution in [0.15, 0.2) is 24.3 Å². The Hall–Kier alpha value is -1.61. The van der Waals surface area contributed by atoms with E-state index in [1.54, 1.807) is 0 Å². The Kier molecular flexibility index (Phi) is 3.82. The van der Waals surface area contributed by atoms with Crippen molar-refractivity contribution in [1.29, 1.82) is 0 Å². The highest BCUT2D eigenvalue weighted by Gasteiger charge is 2.10. The number of benzene rings is 1. The zero-order valence-corrected chi connectivity index (χ0v) is 11.5. The summed E-state index contributed by atoms with van der Waals surface area (Å²) in [6.07, 6.45) is 0. The fourth-order valence-electron chi connectivity index (χ4n) is 2.27. The lowest BCUT2D eigenvalue weighted by atomic mass is 10.0. The Morgan fingerprint density at radius 3 is 2.56 bits per heavy atom. The van der Waals surface area contributed by atoms with Crippen molar-refractivity contribution < 1.29 is 0 Å². The van der Waals surface area contributed by atoms with Crippen molar-refractivity contribution in [3.05, 3.63) is 52.3 Å². The number of aryl methyl sites for hydroxylation is 3. The van der Waals surface area contributed by atoms with Crippen LogP contribution in [0.2, 0.25) is 0 Å². The summed E-state index contributed by atoms with van der Waals surface area (Å²) in [5.74, 6) is 0. The molecule has 2 rings (SSSR count). The molecule has 0 aliphatic carbocycles. The summed E-state index contributed by atoms with van der Waals surface area (Å²) < 4.78 is 0. The van der Waals surface area contributed by atoms with Crippen LogP contribution in [0.4, 0.5) is 0 Å². The van der Waals surface area contributed by atoms with Crippen LogP contribution in [0.3, 0.4) is 0 Å². The van der Waals surface area contributed by atoms with Gasteiger partial charge in [0.2, 0.25) is 0 Å². The highest BCUT2D eigenvalue weighted by atomic mass is 15.1. The van der Waals surface area contributed by atoms with Crippen LogP contribution in [0.1, 0.15) is 41.0 Å². The molecule has 0 bridgehead atoms. The number of rotatable bonds is 4. The second-order valence-electron chi connectivity index (χ2n) is 4.87. The van der Waals surface area contributed by atoms with E-state index in [0.29, 0.717) is 6.04 Å². The van der Waals surface area contributed by atoms with Crippen LogP contribution in [-0.4, -0.2) is 10.2 Å². The summed E-state index contributed by atoms with van der Waals surface area (Å²) in [5, 5.41) is 10.8. The summed E-state index contributed by atoms with van der Waals surface area (Å²) in [6.45, 7) is 9.31. The lowest BCUT2D eigenvalue weighted by molar-refractivity contribution is 0.570. The van der Waals surface area contributed by atoms with E-state index in [1.165, 1.54) is 16.7 Å². The van der Waals surface area contributed by atoms with Gasteiger partial charge in [0, 0.05) is 23.8 Å². The average Bonchev–Trinajstić information content (AvgIpc) is 2.67. The normalized spacial score (nSPS) is 12.7. The summed E-state index contributed by atoms with van der Waals surface area (Å²) in [4.78, 5) is 0. The molecule has 0 fully saturated rings. The van der Waals surface area contributed by atoms with Gasteiger partial charge in [-0.25, -0.2) is 0 Å². The number of nitrogens with one attached hydrogen (secondary N) is 2. The van der Waals surface area contributed by atoms with E-state index in [4.69, 9.17) is 0 Å². The van der Waals surface area contributed by atoms with E-state index in [-0.39, 0.29) is 0 Å². The summed E-state index contributed by atoms with van der Waals surface area (Å²) in [6, 6.07) is 8.86. The molecule has 18 heavy (non-hydrogen) atoms. The van der Waals surface area contributed by atoms with Crippen molar-refractivity contribution >= 4 is 0 Å². The quantitative estimate of drug-likeness (QED) is 0.866. The zero-order chi connectivity index (χ0) is 13.1. The number of nitrogens with zero attached hydrogens (tertiary/aromatic N) is 1. The maximum absolute atomic E-state index is 4.22. The predicted octanol–water partition coefficient (Wildman–Crippen LogP) is 3.19. The van der Waals surface area contributed by atoms with Gasteiger partial charge in [-0.3, -0.25) is 5.10 Å². The first kappa shape index (κ1) is 12.8. The molecular weight excluding hydrogens is 222 g/mol. The molecule has 3 heteroatoms. The monoisotopic (exact) mass is 243 g/mol. The topological polar surface area (TPSA) is 40.7 Å². The first-order valence-electron chi connectivity index (χ1n) is 6.39. The lowest BCUT2D eigenvalue weighted by Crippen LogP contribution is -2.19. The van der Waals surface area contributed by atoms with E-state index in [1.807, 2.05) is 6.92 Å². The largest absolute Gasteiger partial charge is 0.306 e. The molecule has 1 aromatic carbocycles. The van der Waals surface area contributed by atoms with Crippen molar-refractivity contribution in [3.63, 3.8) is 0 Å². The lowest BCUT2D eigenvalue weighted by Gasteiger charge is -2.16. The molecule has 1 atom stereocenters. The second-order valence-corrected chi connectivity index (χ2v) is 4.87. The van der Waals surface area contributed by atoms with Crippen LogP contribution >= 0.6 is 0 Å². The SMILES string of the molecule is Cc1ccccc1[C@H](C)NCc1c(C)n[nH]c1C. The Morgan fingerprint density at radius 2 is 1.94 bits per heavy atom. The highest BCUT2D eigenvalue weighted by Crippen LogP contribution is 2.18. The molecule has 0 saturated heterocycles. The van der Waals surface area contributed by atoms with E-state index in [2.05, 4.69) is 60.6 Å². The van der Waals surface area contributed by atoms with Crippen molar-refractivity contribution in [2.45, 2.75) is 40.3 Å². The Labute approximate surface area is 109 Å². The van der Waals surface area contributed by atoms with Crippen molar-refractivity contribution in [2.24, 2.45) is 0 Å². The fraction of sp³-hybridized carbons (Fsp3) is 0.400. The van der Waals surface area contributed by atoms with Gasteiger partial charge in [-0.2, -0.15) is 5.10 Å². The van der Waals surface area contributed by atoms with Gasteiger partial charge >= 0.3 is 0 Å². The smallest absolute Gasteiger partial charge is 0.0638 e. The molecule has 0 spiro atoms. The predicted molar refractivity (Wildman–Crippen MR) is 74.5 cm³/mol. The third-order valence-electron chi connectivity index (χ3n) is 3.52. The van der Waals surface area contributed by atoms with Crippen molar-refractivity contribution in [2.75, 3.05) is 0 Å². The Balaban J connectivity index is 2.05. The summed E-state index contributed by atoms with van der Waals surface area (Å²) in [7, 11) is 0. The summed E-state index contributed by atoms with van der Waals surface area (Å²) >= 11 is 0. The molecule has 0 unspecified atom stereocenters. The van der Waals surface area contributed by atoms with Gasteiger partial charge in [0.25, 0.3) is 0 Å². The standard InChI is InChI=1S/C15H21N3/c1-10-7-5-6-8-14(10)11(2)16-9-15-12(3)17-18-13(15)4/h5-8,11,16H,9H2,1-4H3,(H,17,18)/t11-/m0/s1. The number of aromatic amines is 1. The minimum Gasteiger partial charge on any atom is -0.306 e. The van der Waals surface area contributed by atoms with Gasteiger partial charge in [-0.1, -0.05) is 24.3 Å². The minimum atomic E-state index is 0.347. The number of hydrogen-bond donors (Lipinski definition) is 2. The molecule has 1 heterocycles. The maximum atomic E-state index is 4.22. The van der Waals surface area contributed by atoms with Crippen molar-refractivity contribution in [1.82, 2.24) is 15.5 Å². The van der Waals surface area contributed by atoms with E-state index < -0.39 is 0 Å².